The van der Waals surface area contributed by atoms with Gasteiger partial charge in [0.05, 0.1) is 5.69 Å². The van der Waals surface area contributed by atoms with E-state index in [2.05, 4.69) is 17.7 Å². The Labute approximate surface area is 127 Å². The number of carbonyl (C=O) groups excluding carboxylic acids is 1. The number of nitrogens with one attached hydrogen (secondary N) is 2. The van der Waals surface area contributed by atoms with E-state index in [0.717, 1.165) is 36.1 Å². The molecule has 4 nitrogen and oxygen atoms in total. The lowest BCUT2D eigenvalue weighted by Gasteiger charge is -2.26. The van der Waals surface area contributed by atoms with Gasteiger partial charge in [0.15, 0.2) is 0 Å². The smallest absolute Gasteiger partial charge is 0.251 e. The lowest BCUT2D eigenvalue weighted by molar-refractivity contribution is 0.0949. The van der Waals surface area contributed by atoms with Gasteiger partial charge in [-0.15, -0.1) is 0 Å². The fourth-order valence-electron chi connectivity index (χ4n) is 3.08. The number of rotatable bonds is 5. The molecule has 1 aliphatic carbocycles. The quantitative estimate of drug-likeness (QED) is 0.576. The number of nitrogens with two attached hydrogens (primary N) is 1. The molecule has 1 amide bonds. The largest absolute Gasteiger partial charge is 0.352 e. The highest BCUT2D eigenvalue weighted by Gasteiger charge is 2.18. The van der Waals surface area contributed by atoms with Crippen LogP contribution in [0.3, 0.4) is 0 Å². The van der Waals surface area contributed by atoms with Crippen molar-refractivity contribution in [2.24, 2.45) is 17.7 Å². The van der Waals surface area contributed by atoms with Crippen molar-refractivity contribution in [1.82, 2.24) is 5.32 Å². The van der Waals surface area contributed by atoms with E-state index in [4.69, 9.17) is 5.84 Å². The Bertz CT molecular complexity index is 479. The Hall–Kier alpha value is -1.55. The number of amides is 1. The van der Waals surface area contributed by atoms with Crippen molar-refractivity contribution in [3.63, 3.8) is 0 Å². The highest BCUT2D eigenvalue weighted by Crippen LogP contribution is 2.29. The number of nitrogen functional groups attached to an aromatic ring is 1. The van der Waals surface area contributed by atoms with Crippen molar-refractivity contribution < 1.29 is 4.79 Å². The van der Waals surface area contributed by atoms with E-state index < -0.39 is 0 Å². The van der Waals surface area contributed by atoms with Gasteiger partial charge < -0.3 is 10.7 Å². The molecule has 2 rings (SSSR count). The van der Waals surface area contributed by atoms with Crippen LogP contribution in [0.2, 0.25) is 0 Å². The summed E-state index contributed by atoms with van der Waals surface area (Å²) < 4.78 is 0. The molecule has 0 spiro atoms. The predicted molar refractivity (Wildman–Crippen MR) is 87.1 cm³/mol. The van der Waals surface area contributed by atoms with E-state index in [9.17, 15) is 4.79 Å². The van der Waals surface area contributed by atoms with Crippen molar-refractivity contribution in [3.8, 4) is 0 Å². The van der Waals surface area contributed by atoms with Crippen LogP contribution in [-0.2, 0) is 0 Å². The molecule has 21 heavy (non-hydrogen) atoms. The standard InChI is InChI=1S/C17H27N3O/c1-12-3-5-14(6-4-12)9-10-19-17(21)15-7-8-16(20-18)13(2)11-15/h7-8,11-12,14,20H,3-6,9-10,18H2,1-2H3,(H,19,21). The summed E-state index contributed by atoms with van der Waals surface area (Å²) in [6.07, 6.45) is 6.40. The first-order valence-corrected chi connectivity index (χ1v) is 7.95. The molecule has 0 bridgehead atoms. The van der Waals surface area contributed by atoms with Gasteiger partial charge in [0, 0.05) is 12.1 Å². The summed E-state index contributed by atoms with van der Waals surface area (Å²) >= 11 is 0. The lowest BCUT2D eigenvalue weighted by Crippen LogP contribution is -2.27. The first kappa shape index (κ1) is 15.8. The minimum absolute atomic E-state index is 0.00542. The first-order chi connectivity index (χ1) is 10.1. The summed E-state index contributed by atoms with van der Waals surface area (Å²) in [5.41, 5.74) is 5.15. The van der Waals surface area contributed by atoms with E-state index in [0.29, 0.717) is 5.56 Å². The second kappa shape index (κ2) is 7.46. The zero-order valence-electron chi connectivity index (χ0n) is 13.1. The maximum absolute atomic E-state index is 12.1. The third-order valence-corrected chi connectivity index (χ3v) is 4.62. The first-order valence-electron chi connectivity index (χ1n) is 7.95. The van der Waals surface area contributed by atoms with Crippen LogP contribution in [0.25, 0.3) is 0 Å². The number of carbonyl (C=O) groups is 1. The normalized spacial score (nSPS) is 21.9. The molecule has 4 N–H and O–H groups in total. The summed E-state index contributed by atoms with van der Waals surface area (Å²) in [7, 11) is 0. The molecule has 0 heterocycles. The third-order valence-electron chi connectivity index (χ3n) is 4.62. The molecule has 0 radical (unpaired) electrons. The Morgan fingerprint density at radius 3 is 2.62 bits per heavy atom. The van der Waals surface area contributed by atoms with Crippen LogP contribution in [-0.4, -0.2) is 12.5 Å². The zero-order chi connectivity index (χ0) is 15.2. The molecular weight excluding hydrogens is 262 g/mol. The molecule has 1 aromatic carbocycles. The van der Waals surface area contributed by atoms with Crippen molar-refractivity contribution in [3.05, 3.63) is 29.3 Å². The molecular formula is C17H27N3O. The number of hydrogen-bond acceptors (Lipinski definition) is 3. The minimum Gasteiger partial charge on any atom is -0.352 e. The van der Waals surface area contributed by atoms with Crippen molar-refractivity contribution in [2.75, 3.05) is 12.0 Å². The molecule has 1 saturated carbocycles. The molecule has 0 unspecified atom stereocenters. The summed E-state index contributed by atoms with van der Waals surface area (Å²) in [6.45, 7) is 5.04. The van der Waals surface area contributed by atoms with Crippen LogP contribution >= 0.6 is 0 Å². The molecule has 1 fully saturated rings. The van der Waals surface area contributed by atoms with Gasteiger partial charge in [-0.3, -0.25) is 10.6 Å². The molecule has 1 aliphatic rings. The molecule has 0 aliphatic heterocycles. The third kappa shape index (κ3) is 4.46. The number of aryl methyl sites for hydroxylation is 1. The summed E-state index contributed by atoms with van der Waals surface area (Å²) in [5.74, 6) is 7.07. The topological polar surface area (TPSA) is 67.2 Å². The van der Waals surface area contributed by atoms with Crippen LogP contribution < -0.4 is 16.6 Å². The number of hydrazine groups is 1. The van der Waals surface area contributed by atoms with Crippen LogP contribution in [0.1, 0.15) is 54.9 Å². The van der Waals surface area contributed by atoms with Gasteiger partial charge in [-0.05, 0) is 48.9 Å². The van der Waals surface area contributed by atoms with Gasteiger partial charge in [-0.25, -0.2) is 0 Å². The fraction of sp³-hybridized carbons (Fsp3) is 0.588. The summed E-state index contributed by atoms with van der Waals surface area (Å²) in [5, 5.41) is 3.03. The Kier molecular flexibility index (Phi) is 5.62. The second-order valence-corrected chi connectivity index (χ2v) is 6.34. The number of hydrogen-bond donors (Lipinski definition) is 3. The SMILES string of the molecule is Cc1cc(C(=O)NCCC2CCC(C)CC2)ccc1NN. The second-order valence-electron chi connectivity index (χ2n) is 6.34. The Balaban J connectivity index is 1.78. The molecule has 116 valence electrons. The van der Waals surface area contributed by atoms with Gasteiger partial charge in [0.1, 0.15) is 0 Å². The number of anilines is 1. The van der Waals surface area contributed by atoms with Gasteiger partial charge in [0.25, 0.3) is 5.91 Å². The highest BCUT2D eigenvalue weighted by molar-refractivity contribution is 5.94. The molecule has 0 aromatic heterocycles. The predicted octanol–water partition coefficient (Wildman–Crippen LogP) is 3.23. The average molecular weight is 289 g/mol. The number of benzene rings is 1. The minimum atomic E-state index is 0.00542. The van der Waals surface area contributed by atoms with Crippen LogP contribution in [0.5, 0.6) is 0 Å². The van der Waals surface area contributed by atoms with E-state index in [1.807, 2.05) is 19.1 Å². The zero-order valence-corrected chi connectivity index (χ0v) is 13.1. The van der Waals surface area contributed by atoms with E-state index in [1.54, 1.807) is 6.07 Å². The molecule has 1 aromatic rings. The summed E-state index contributed by atoms with van der Waals surface area (Å²) in [4.78, 5) is 12.1. The molecule has 0 atom stereocenters. The molecule has 4 heteroatoms. The maximum Gasteiger partial charge on any atom is 0.251 e. The van der Waals surface area contributed by atoms with Crippen molar-refractivity contribution in [1.29, 1.82) is 0 Å². The van der Waals surface area contributed by atoms with E-state index >= 15 is 0 Å². The van der Waals surface area contributed by atoms with E-state index in [-0.39, 0.29) is 5.91 Å². The maximum atomic E-state index is 12.1. The van der Waals surface area contributed by atoms with Crippen LogP contribution in [0, 0.1) is 18.8 Å². The Morgan fingerprint density at radius 1 is 1.29 bits per heavy atom. The van der Waals surface area contributed by atoms with Crippen LogP contribution in [0.4, 0.5) is 5.69 Å². The van der Waals surface area contributed by atoms with Crippen LogP contribution in [0.15, 0.2) is 18.2 Å². The fourth-order valence-corrected chi connectivity index (χ4v) is 3.08. The van der Waals surface area contributed by atoms with Crippen molar-refractivity contribution in [2.45, 2.75) is 46.0 Å². The monoisotopic (exact) mass is 289 g/mol. The molecule has 0 saturated heterocycles. The van der Waals surface area contributed by atoms with Gasteiger partial charge in [-0.2, -0.15) is 0 Å². The van der Waals surface area contributed by atoms with Gasteiger partial charge >= 0.3 is 0 Å². The average Bonchev–Trinajstić information content (AvgIpc) is 2.49. The lowest BCUT2D eigenvalue weighted by atomic mass is 9.81. The highest BCUT2D eigenvalue weighted by atomic mass is 16.1. The Morgan fingerprint density at radius 2 is 2.00 bits per heavy atom. The van der Waals surface area contributed by atoms with Gasteiger partial charge in [0.2, 0.25) is 0 Å². The summed E-state index contributed by atoms with van der Waals surface area (Å²) in [6, 6.07) is 5.51. The van der Waals surface area contributed by atoms with E-state index in [1.165, 1.54) is 25.7 Å². The van der Waals surface area contributed by atoms with Crippen molar-refractivity contribution >= 4 is 11.6 Å². The van der Waals surface area contributed by atoms with Gasteiger partial charge in [-0.1, -0.05) is 32.6 Å².